The van der Waals surface area contributed by atoms with Crippen LogP contribution in [-0.2, 0) is 11.2 Å². The topological polar surface area (TPSA) is 41.1 Å². The first-order valence-electron chi connectivity index (χ1n) is 4.41. The van der Waals surface area contributed by atoms with Crippen molar-refractivity contribution in [1.82, 2.24) is 10.6 Å². The van der Waals surface area contributed by atoms with Gasteiger partial charge in [0.2, 0.25) is 5.91 Å². The van der Waals surface area contributed by atoms with Crippen molar-refractivity contribution >= 4 is 5.91 Å². The number of benzene rings is 1. The summed E-state index contributed by atoms with van der Waals surface area (Å²) in [5, 5.41) is 5.95. The van der Waals surface area contributed by atoms with Gasteiger partial charge in [-0.1, -0.05) is 30.3 Å². The lowest BCUT2D eigenvalue weighted by Gasteiger charge is -2.09. The first-order valence-corrected chi connectivity index (χ1v) is 4.41. The number of amides is 1. The zero-order valence-electron chi connectivity index (χ0n) is 7.29. The van der Waals surface area contributed by atoms with E-state index in [1.54, 1.807) is 0 Å². The van der Waals surface area contributed by atoms with Gasteiger partial charge in [0.1, 0.15) is 0 Å². The van der Waals surface area contributed by atoms with Gasteiger partial charge in [-0.3, -0.25) is 10.1 Å². The molecule has 0 saturated carbocycles. The average Bonchev–Trinajstić information content (AvgIpc) is 2.53. The van der Waals surface area contributed by atoms with Crippen LogP contribution in [0.4, 0.5) is 0 Å². The molecule has 1 aliphatic heterocycles. The molecule has 68 valence electrons. The zero-order chi connectivity index (χ0) is 9.10. The van der Waals surface area contributed by atoms with E-state index >= 15 is 0 Å². The van der Waals surface area contributed by atoms with E-state index in [1.165, 1.54) is 5.56 Å². The minimum Gasteiger partial charge on any atom is -0.339 e. The van der Waals surface area contributed by atoms with Crippen LogP contribution in [0.3, 0.4) is 0 Å². The van der Waals surface area contributed by atoms with Crippen LogP contribution in [0.2, 0.25) is 0 Å². The van der Waals surface area contributed by atoms with Crippen molar-refractivity contribution in [2.24, 2.45) is 0 Å². The van der Waals surface area contributed by atoms with Gasteiger partial charge in [-0.2, -0.15) is 0 Å². The fourth-order valence-electron chi connectivity index (χ4n) is 1.49. The third-order valence-corrected chi connectivity index (χ3v) is 2.13. The van der Waals surface area contributed by atoms with Gasteiger partial charge >= 0.3 is 0 Å². The van der Waals surface area contributed by atoms with E-state index in [1.807, 2.05) is 18.2 Å². The van der Waals surface area contributed by atoms with E-state index in [9.17, 15) is 4.79 Å². The van der Waals surface area contributed by atoms with Crippen LogP contribution in [-0.4, -0.2) is 18.6 Å². The van der Waals surface area contributed by atoms with Crippen molar-refractivity contribution < 1.29 is 4.79 Å². The molecule has 1 aliphatic rings. The van der Waals surface area contributed by atoms with Crippen molar-refractivity contribution in [2.45, 2.75) is 12.6 Å². The molecule has 3 nitrogen and oxygen atoms in total. The Morgan fingerprint density at radius 1 is 1.31 bits per heavy atom. The van der Waals surface area contributed by atoms with Gasteiger partial charge in [0, 0.05) is 6.42 Å². The molecular formula is C10H12N2O. The number of nitrogens with one attached hydrogen (secondary N) is 2. The van der Waals surface area contributed by atoms with Gasteiger partial charge < -0.3 is 5.32 Å². The standard InChI is InChI=1S/C10H12N2O/c13-10-7-11-9(12-10)6-8-4-2-1-3-5-8/h1-5,9,11H,6-7H2,(H,12,13)/t9-/m1/s1. The highest BCUT2D eigenvalue weighted by Gasteiger charge is 2.19. The fourth-order valence-corrected chi connectivity index (χ4v) is 1.49. The molecule has 1 aromatic rings. The second-order valence-corrected chi connectivity index (χ2v) is 3.19. The van der Waals surface area contributed by atoms with Gasteiger partial charge in [0.25, 0.3) is 0 Å². The summed E-state index contributed by atoms with van der Waals surface area (Å²) in [5.41, 5.74) is 1.24. The van der Waals surface area contributed by atoms with Gasteiger partial charge in [-0.05, 0) is 5.56 Å². The van der Waals surface area contributed by atoms with Crippen LogP contribution in [0, 0.1) is 0 Å². The molecule has 0 radical (unpaired) electrons. The summed E-state index contributed by atoms with van der Waals surface area (Å²) in [6, 6.07) is 10.1. The monoisotopic (exact) mass is 176 g/mol. The van der Waals surface area contributed by atoms with Crippen molar-refractivity contribution in [3.63, 3.8) is 0 Å². The third-order valence-electron chi connectivity index (χ3n) is 2.13. The lowest BCUT2D eigenvalue weighted by Crippen LogP contribution is -2.34. The molecule has 1 amide bonds. The number of carbonyl (C=O) groups is 1. The van der Waals surface area contributed by atoms with Gasteiger partial charge in [-0.15, -0.1) is 0 Å². The van der Waals surface area contributed by atoms with E-state index in [0.717, 1.165) is 6.42 Å². The Morgan fingerprint density at radius 2 is 2.08 bits per heavy atom. The van der Waals surface area contributed by atoms with E-state index in [4.69, 9.17) is 0 Å². The minimum atomic E-state index is 0.0842. The Morgan fingerprint density at radius 3 is 2.69 bits per heavy atom. The molecule has 0 aliphatic carbocycles. The lowest BCUT2D eigenvalue weighted by molar-refractivity contribution is -0.118. The van der Waals surface area contributed by atoms with E-state index in [0.29, 0.717) is 6.54 Å². The number of carbonyl (C=O) groups excluding carboxylic acids is 1. The number of hydrogen-bond donors (Lipinski definition) is 2. The predicted octanol–water partition coefficient (Wildman–Crippen LogP) is 0.275. The van der Waals surface area contributed by atoms with Crippen LogP contribution < -0.4 is 10.6 Å². The highest BCUT2D eigenvalue weighted by atomic mass is 16.2. The summed E-state index contributed by atoms with van der Waals surface area (Å²) in [6.45, 7) is 0.442. The quantitative estimate of drug-likeness (QED) is 0.679. The highest BCUT2D eigenvalue weighted by Crippen LogP contribution is 2.03. The molecule has 0 spiro atoms. The molecular weight excluding hydrogens is 164 g/mol. The molecule has 0 unspecified atom stereocenters. The molecule has 1 heterocycles. The summed E-state index contributed by atoms with van der Waals surface area (Å²) >= 11 is 0. The van der Waals surface area contributed by atoms with E-state index in [2.05, 4.69) is 22.8 Å². The molecule has 1 aromatic carbocycles. The molecule has 3 heteroatoms. The van der Waals surface area contributed by atoms with Crippen molar-refractivity contribution in [2.75, 3.05) is 6.54 Å². The van der Waals surface area contributed by atoms with Crippen LogP contribution in [0.15, 0.2) is 30.3 Å². The normalized spacial score (nSPS) is 21.5. The first-order chi connectivity index (χ1) is 6.34. The van der Waals surface area contributed by atoms with Crippen LogP contribution in [0.5, 0.6) is 0 Å². The van der Waals surface area contributed by atoms with Gasteiger partial charge in [0.15, 0.2) is 0 Å². The molecule has 0 bridgehead atoms. The molecule has 0 aromatic heterocycles. The van der Waals surface area contributed by atoms with E-state index < -0.39 is 0 Å². The highest BCUT2D eigenvalue weighted by molar-refractivity contribution is 5.80. The summed E-state index contributed by atoms with van der Waals surface area (Å²) in [5.74, 6) is 0.0842. The molecule has 1 atom stereocenters. The lowest BCUT2D eigenvalue weighted by atomic mass is 10.1. The maximum atomic E-state index is 10.9. The maximum Gasteiger partial charge on any atom is 0.235 e. The number of rotatable bonds is 2. The molecule has 13 heavy (non-hydrogen) atoms. The second kappa shape index (κ2) is 3.58. The molecule has 1 fully saturated rings. The maximum absolute atomic E-state index is 10.9. The van der Waals surface area contributed by atoms with Crippen LogP contribution >= 0.6 is 0 Å². The molecule has 2 N–H and O–H groups in total. The molecule has 2 rings (SSSR count). The third kappa shape index (κ3) is 2.06. The van der Waals surface area contributed by atoms with Crippen molar-refractivity contribution in [3.8, 4) is 0 Å². The largest absolute Gasteiger partial charge is 0.339 e. The average molecular weight is 176 g/mol. The summed E-state index contributed by atoms with van der Waals surface area (Å²) in [7, 11) is 0. The summed E-state index contributed by atoms with van der Waals surface area (Å²) in [4.78, 5) is 10.9. The molecule has 1 saturated heterocycles. The van der Waals surface area contributed by atoms with Crippen molar-refractivity contribution in [1.29, 1.82) is 0 Å². The first kappa shape index (κ1) is 8.26. The Labute approximate surface area is 77.1 Å². The summed E-state index contributed by atoms with van der Waals surface area (Å²) in [6.07, 6.45) is 0.960. The minimum absolute atomic E-state index is 0.0842. The smallest absolute Gasteiger partial charge is 0.235 e. The fraction of sp³-hybridized carbons (Fsp3) is 0.300. The Bertz CT molecular complexity index is 297. The second-order valence-electron chi connectivity index (χ2n) is 3.19. The zero-order valence-corrected chi connectivity index (χ0v) is 7.29. The van der Waals surface area contributed by atoms with Gasteiger partial charge in [0.05, 0.1) is 12.7 Å². The van der Waals surface area contributed by atoms with Gasteiger partial charge in [-0.25, -0.2) is 0 Å². The SMILES string of the molecule is O=C1CN[C@@H](Cc2ccccc2)N1. The van der Waals surface area contributed by atoms with Crippen LogP contribution in [0.1, 0.15) is 5.56 Å². The number of hydrogen-bond acceptors (Lipinski definition) is 2. The predicted molar refractivity (Wildman–Crippen MR) is 50.1 cm³/mol. The Hall–Kier alpha value is -1.35. The van der Waals surface area contributed by atoms with Crippen molar-refractivity contribution in [3.05, 3.63) is 35.9 Å². The van der Waals surface area contributed by atoms with E-state index in [-0.39, 0.29) is 12.1 Å². The Kier molecular flexibility index (Phi) is 2.27. The van der Waals surface area contributed by atoms with Crippen LogP contribution in [0.25, 0.3) is 0 Å². The summed E-state index contributed by atoms with van der Waals surface area (Å²) < 4.78 is 0. The Balaban J connectivity index is 1.96.